The number of nitrogens with zero attached hydrogens (tertiary/aromatic N) is 1. The van der Waals surface area contributed by atoms with Gasteiger partial charge in [0.15, 0.2) is 0 Å². The van der Waals surface area contributed by atoms with Crippen molar-refractivity contribution in [1.82, 2.24) is 10.3 Å². The smallest absolute Gasteiger partial charge is 0.0857 e. The van der Waals surface area contributed by atoms with Crippen molar-refractivity contribution in [3.8, 4) is 0 Å². The largest absolute Gasteiger partial charge is 0.307 e. The van der Waals surface area contributed by atoms with Crippen LogP contribution in [0.25, 0.3) is 0 Å². The van der Waals surface area contributed by atoms with Gasteiger partial charge in [0, 0.05) is 16.0 Å². The lowest BCUT2D eigenvalue weighted by Crippen LogP contribution is -2.18. The van der Waals surface area contributed by atoms with E-state index >= 15 is 0 Å². The zero-order chi connectivity index (χ0) is 12.4. The van der Waals surface area contributed by atoms with Gasteiger partial charge in [0.25, 0.3) is 0 Å². The predicted octanol–water partition coefficient (Wildman–Crippen LogP) is 4.07. The van der Waals surface area contributed by atoms with Gasteiger partial charge in [0.1, 0.15) is 0 Å². The van der Waals surface area contributed by atoms with Crippen LogP contribution in [0.2, 0.25) is 10.0 Å². The highest BCUT2D eigenvalue weighted by Crippen LogP contribution is 2.31. The number of halogens is 2. The van der Waals surface area contributed by atoms with Crippen LogP contribution in [0.1, 0.15) is 21.5 Å². The Bertz CT molecular complexity index is 525. The maximum Gasteiger partial charge on any atom is 0.0857 e. The van der Waals surface area contributed by atoms with E-state index in [9.17, 15) is 0 Å². The molecule has 0 aromatic carbocycles. The van der Waals surface area contributed by atoms with Gasteiger partial charge in [-0.25, -0.2) is 0 Å². The third-order valence-corrected chi connectivity index (χ3v) is 4.02. The van der Waals surface area contributed by atoms with Crippen LogP contribution in [-0.2, 0) is 0 Å². The van der Waals surface area contributed by atoms with Crippen molar-refractivity contribution < 1.29 is 0 Å². The molecular formula is C12H12Cl2N2S. The molecule has 2 heterocycles. The lowest BCUT2D eigenvalue weighted by molar-refractivity contribution is 0.682. The lowest BCUT2D eigenvalue weighted by atomic mass is 10.1. The minimum atomic E-state index is 0.0125. The molecule has 1 unspecified atom stereocenters. The molecule has 0 spiro atoms. The third kappa shape index (κ3) is 2.80. The molecule has 2 aromatic rings. The Morgan fingerprint density at radius 1 is 1.35 bits per heavy atom. The fraction of sp³-hybridized carbons (Fsp3) is 0.250. The van der Waals surface area contributed by atoms with Gasteiger partial charge in [-0.3, -0.25) is 4.98 Å². The van der Waals surface area contributed by atoms with Crippen LogP contribution in [0.3, 0.4) is 0 Å². The topological polar surface area (TPSA) is 24.9 Å². The SMILES string of the molecule is CNC(c1ccc(C)s1)c1ncc(Cl)cc1Cl. The summed E-state index contributed by atoms with van der Waals surface area (Å²) in [6.45, 7) is 2.08. The Balaban J connectivity index is 2.42. The Kier molecular flexibility index (Phi) is 4.05. The lowest BCUT2D eigenvalue weighted by Gasteiger charge is -2.15. The normalized spacial score (nSPS) is 12.7. The van der Waals surface area contributed by atoms with Gasteiger partial charge in [0.2, 0.25) is 0 Å². The summed E-state index contributed by atoms with van der Waals surface area (Å²) in [7, 11) is 1.90. The van der Waals surface area contributed by atoms with E-state index in [1.165, 1.54) is 9.75 Å². The molecular weight excluding hydrogens is 275 g/mol. The van der Waals surface area contributed by atoms with Crippen molar-refractivity contribution in [2.24, 2.45) is 0 Å². The number of aryl methyl sites for hydroxylation is 1. The molecule has 2 rings (SSSR count). The van der Waals surface area contributed by atoms with Crippen LogP contribution in [0, 0.1) is 6.92 Å². The summed E-state index contributed by atoms with van der Waals surface area (Å²) in [6.07, 6.45) is 1.62. The minimum absolute atomic E-state index is 0.0125. The summed E-state index contributed by atoms with van der Waals surface area (Å²) < 4.78 is 0. The predicted molar refractivity (Wildman–Crippen MR) is 74.2 cm³/mol. The summed E-state index contributed by atoms with van der Waals surface area (Å²) in [4.78, 5) is 6.78. The number of nitrogens with one attached hydrogen (secondary N) is 1. The second kappa shape index (κ2) is 5.36. The van der Waals surface area contributed by atoms with E-state index in [4.69, 9.17) is 23.2 Å². The van der Waals surface area contributed by atoms with E-state index in [-0.39, 0.29) is 6.04 Å². The Morgan fingerprint density at radius 2 is 2.12 bits per heavy atom. The van der Waals surface area contributed by atoms with E-state index in [0.29, 0.717) is 10.0 Å². The van der Waals surface area contributed by atoms with Gasteiger partial charge in [-0.15, -0.1) is 11.3 Å². The molecule has 0 aliphatic heterocycles. The molecule has 0 amide bonds. The average molecular weight is 287 g/mol. The highest BCUT2D eigenvalue weighted by Gasteiger charge is 2.18. The third-order valence-electron chi connectivity index (χ3n) is 2.44. The fourth-order valence-electron chi connectivity index (χ4n) is 1.66. The molecule has 2 aromatic heterocycles. The number of pyridine rings is 1. The highest BCUT2D eigenvalue weighted by molar-refractivity contribution is 7.12. The maximum absolute atomic E-state index is 6.18. The van der Waals surface area contributed by atoms with Crippen LogP contribution >= 0.6 is 34.5 Å². The summed E-state index contributed by atoms with van der Waals surface area (Å²) >= 11 is 13.8. The monoisotopic (exact) mass is 286 g/mol. The molecule has 0 aliphatic carbocycles. The van der Waals surface area contributed by atoms with Gasteiger partial charge in [0.05, 0.1) is 21.8 Å². The van der Waals surface area contributed by atoms with E-state index in [1.54, 1.807) is 23.6 Å². The quantitative estimate of drug-likeness (QED) is 0.920. The van der Waals surface area contributed by atoms with Crippen molar-refractivity contribution in [2.75, 3.05) is 7.05 Å². The molecule has 5 heteroatoms. The molecule has 0 bridgehead atoms. The molecule has 0 saturated heterocycles. The van der Waals surface area contributed by atoms with Crippen LogP contribution in [-0.4, -0.2) is 12.0 Å². The van der Waals surface area contributed by atoms with E-state index < -0.39 is 0 Å². The van der Waals surface area contributed by atoms with Gasteiger partial charge in [-0.1, -0.05) is 23.2 Å². The van der Waals surface area contributed by atoms with Crippen LogP contribution in [0.15, 0.2) is 24.4 Å². The molecule has 1 atom stereocenters. The van der Waals surface area contributed by atoms with Crippen molar-refractivity contribution in [1.29, 1.82) is 0 Å². The van der Waals surface area contributed by atoms with Gasteiger partial charge < -0.3 is 5.32 Å². The average Bonchev–Trinajstić information content (AvgIpc) is 2.69. The zero-order valence-corrected chi connectivity index (χ0v) is 11.8. The van der Waals surface area contributed by atoms with E-state index in [2.05, 4.69) is 29.4 Å². The summed E-state index contributed by atoms with van der Waals surface area (Å²) in [5, 5.41) is 4.37. The minimum Gasteiger partial charge on any atom is -0.307 e. The number of rotatable bonds is 3. The molecule has 17 heavy (non-hydrogen) atoms. The summed E-state index contributed by atoms with van der Waals surface area (Å²) in [5.74, 6) is 0. The maximum atomic E-state index is 6.18. The summed E-state index contributed by atoms with van der Waals surface area (Å²) in [6, 6.07) is 5.91. The Morgan fingerprint density at radius 3 is 2.65 bits per heavy atom. The van der Waals surface area contributed by atoms with Gasteiger partial charge >= 0.3 is 0 Å². The number of hydrogen-bond donors (Lipinski definition) is 1. The van der Waals surface area contributed by atoms with Crippen molar-refractivity contribution >= 4 is 34.5 Å². The standard InChI is InChI=1S/C12H12Cl2N2S/c1-7-3-4-10(17-7)12(15-2)11-9(14)5-8(13)6-16-11/h3-6,12,15H,1-2H3. The van der Waals surface area contributed by atoms with E-state index in [1.807, 2.05) is 7.05 Å². The summed E-state index contributed by atoms with van der Waals surface area (Å²) in [5.41, 5.74) is 0.806. The number of hydrogen-bond acceptors (Lipinski definition) is 3. The molecule has 1 N–H and O–H groups in total. The fourth-order valence-corrected chi connectivity index (χ4v) is 3.14. The molecule has 0 saturated carbocycles. The van der Waals surface area contributed by atoms with E-state index in [0.717, 1.165) is 5.69 Å². The van der Waals surface area contributed by atoms with Crippen LogP contribution in [0.4, 0.5) is 0 Å². The number of aromatic nitrogens is 1. The van der Waals surface area contributed by atoms with Gasteiger partial charge in [-0.05, 0) is 32.2 Å². The van der Waals surface area contributed by atoms with Crippen LogP contribution < -0.4 is 5.32 Å². The first-order valence-electron chi connectivity index (χ1n) is 5.16. The zero-order valence-electron chi connectivity index (χ0n) is 9.50. The first-order chi connectivity index (χ1) is 8.11. The number of thiophene rings is 1. The van der Waals surface area contributed by atoms with Crippen LogP contribution in [0.5, 0.6) is 0 Å². The molecule has 90 valence electrons. The molecule has 2 nitrogen and oxygen atoms in total. The highest BCUT2D eigenvalue weighted by atomic mass is 35.5. The second-order valence-corrected chi connectivity index (χ2v) is 5.85. The first-order valence-corrected chi connectivity index (χ1v) is 6.73. The molecule has 0 fully saturated rings. The first kappa shape index (κ1) is 12.8. The Hall–Kier alpha value is -0.610. The van der Waals surface area contributed by atoms with Crippen molar-refractivity contribution in [2.45, 2.75) is 13.0 Å². The molecule has 0 aliphatic rings. The van der Waals surface area contributed by atoms with Gasteiger partial charge in [-0.2, -0.15) is 0 Å². The second-order valence-electron chi connectivity index (χ2n) is 3.69. The van der Waals surface area contributed by atoms with Crippen molar-refractivity contribution in [3.05, 3.63) is 49.9 Å². The Labute approximate surface area is 115 Å². The van der Waals surface area contributed by atoms with Crippen molar-refractivity contribution in [3.63, 3.8) is 0 Å². The molecule has 0 radical (unpaired) electrons.